The van der Waals surface area contributed by atoms with Crippen LogP contribution in [0, 0.1) is 0 Å². The lowest BCUT2D eigenvalue weighted by atomic mass is 9.66. The highest BCUT2D eigenvalue weighted by atomic mass is 14.5. The average molecular weight is 695 g/mol. The Hall–Kier alpha value is -7.02. The van der Waals surface area contributed by atoms with Gasteiger partial charge >= 0.3 is 0 Å². The highest BCUT2D eigenvalue weighted by Gasteiger charge is 2.48. The third-order valence-electron chi connectivity index (χ3n) is 12.4. The molecule has 0 heteroatoms. The van der Waals surface area contributed by atoms with Gasteiger partial charge in [0.15, 0.2) is 0 Å². The number of hydrogen-bond acceptors (Lipinski definition) is 0. The van der Waals surface area contributed by atoms with Crippen LogP contribution >= 0.6 is 0 Å². The standard InChI is InChI=1S/C55H34/c1-3-17-43(18-4-1)55(44-19-5-2-6-20-44)50-25-12-11-23-48(50)53-49(34-36-15-8-10-22-47(36)54(53)55)42-32-39-28-26-37-30-41(31-38-27-29-40(33-42)52(39)51(37)38)46-24-13-16-35-14-7-9-21-45(35)46/h1-34H. The van der Waals surface area contributed by atoms with E-state index in [2.05, 4.69) is 206 Å². The minimum absolute atomic E-state index is 0.484. The molecule has 0 radical (unpaired) electrons. The summed E-state index contributed by atoms with van der Waals surface area (Å²) in [4.78, 5) is 0. The summed E-state index contributed by atoms with van der Waals surface area (Å²) in [5, 5.41) is 12.9. The fourth-order valence-corrected chi connectivity index (χ4v) is 10.2. The lowest BCUT2D eigenvalue weighted by Gasteiger charge is -2.35. The van der Waals surface area contributed by atoms with Gasteiger partial charge in [0.1, 0.15) is 0 Å². The van der Waals surface area contributed by atoms with E-state index in [-0.39, 0.29) is 0 Å². The van der Waals surface area contributed by atoms with Crippen molar-refractivity contribution < 1.29 is 0 Å². The largest absolute Gasteiger partial charge is 0.0719 e. The van der Waals surface area contributed by atoms with Crippen molar-refractivity contribution >= 4 is 53.9 Å². The summed E-state index contributed by atoms with van der Waals surface area (Å²) in [7, 11) is 0. The van der Waals surface area contributed by atoms with Crippen molar-refractivity contribution in [2.24, 2.45) is 0 Å². The topological polar surface area (TPSA) is 0 Å². The van der Waals surface area contributed by atoms with Crippen LogP contribution < -0.4 is 0 Å². The zero-order valence-electron chi connectivity index (χ0n) is 30.1. The molecule has 254 valence electrons. The first-order chi connectivity index (χ1) is 27.3. The first-order valence-corrected chi connectivity index (χ1v) is 19.3. The average Bonchev–Trinajstić information content (AvgIpc) is 3.57. The van der Waals surface area contributed by atoms with Crippen LogP contribution in [0.25, 0.3) is 87.2 Å². The van der Waals surface area contributed by atoms with Gasteiger partial charge in [0.05, 0.1) is 5.41 Å². The number of benzene rings is 11. The van der Waals surface area contributed by atoms with Crippen LogP contribution in [0.4, 0.5) is 0 Å². The van der Waals surface area contributed by atoms with E-state index in [0.29, 0.717) is 0 Å². The molecule has 11 aromatic carbocycles. The second-order valence-corrected chi connectivity index (χ2v) is 15.2. The van der Waals surface area contributed by atoms with Gasteiger partial charge in [-0.05, 0) is 140 Å². The number of hydrogen-bond donors (Lipinski definition) is 0. The molecule has 0 amide bonds. The summed E-state index contributed by atoms with van der Waals surface area (Å²) in [6.07, 6.45) is 0. The molecule has 55 heavy (non-hydrogen) atoms. The normalized spacial score (nSPS) is 13.2. The molecule has 0 spiro atoms. The molecule has 1 aliphatic carbocycles. The minimum atomic E-state index is -0.484. The molecule has 1 aliphatic rings. The van der Waals surface area contributed by atoms with E-state index in [1.54, 1.807) is 0 Å². The van der Waals surface area contributed by atoms with Gasteiger partial charge in [0.2, 0.25) is 0 Å². The van der Waals surface area contributed by atoms with Gasteiger partial charge in [-0.15, -0.1) is 0 Å². The molecule has 0 aliphatic heterocycles. The van der Waals surface area contributed by atoms with E-state index in [0.717, 1.165) is 0 Å². The molecular weight excluding hydrogens is 661 g/mol. The Balaban J connectivity index is 1.14. The third kappa shape index (κ3) is 4.23. The minimum Gasteiger partial charge on any atom is -0.0622 e. The predicted octanol–water partition coefficient (Wildman–Crippen LogP) is 14.6. The Morgan fingerprint density at radius 3 is 1.40 bits per heavy atom. The van der Waals surface area contributed by atoms with Crippen LogP contribution in [0.15, 0.2) is 206 Å². The summed E-state index contributed by atoms with van der Waals surface area (Å²) in [6.45, 7) is 0. The monoisotopic (exact) mass is 694 g/mol. The Kier molecular flexibility index (Phi) is 6.36. The summed E-state index contributed by atoms with van der Waals surface area (Å²) >= 11 is 0. The van der Waals surface area contributed by atoms with Crippen LogP contribution in [0.2, 0.25) is 0 Å². The second-order valence-electron chi connectivity index (χ2n) is 15.2. The second kappa shape index (κ2) is 11.5. The van der Waals surface area contributed by atoms with Crippen molar-refractivity contribution in [2.45, 2.75) is 5.41 Å². The maximum absolute atomic E-state index is 2.44. The first kappa shape index (κ1) is 30.4. The van der Waals surface area contributed by atoms with Gasteiger partial charge in [0, 0.05) is 0 Å². The Morgan fingerprint density at radius 2 is 0.764 bits per heavy atom. The molecule has 0 aromatic heterocycles. The molecule has 0 bridgehead atoms. The Morgan fingerprint density at radius 1 is 0.291 bits per heavy atom. The molecule has 0 heterocycles. The van der Waals surface area contributed by atoms with Crippen molar-refractivity contribution in [1.82, 2.24) is 0 Å². The van der Waals surface area contributed by atoms with Crippen LogP contribution in [0.5, 0.6) is 0 Å². The lowest BCUT2D eigenvalue weighted by Crippen LogP contribution is -2.28. The van der Waals surface area contributed by atoms with Crippen LogP contribution in [0.1, 0.15) is 22.3 Å². The van der Waals surface area contributed by atoms with E-state index in [1.165, 1.54) is 109 Å². The first-order valence-electron chi connectivity index (χ1n) is 19.3. The van der Waals surface area contributed by atoms with Crippen LogP contribution in [-0.2, 0) is 5.41 Å². The summed E-state index contributed by atoms with van der Waals surface area (Å²) in [5.74, 6) is 0. The van der Waals surface area contributed by atoms with Crippen LogP contribution in [0.3, 0.4) is 0 Å². The molecule has 0 saturated carbocycles. The van der Waals surface area contributed by atoms with E-state index in [4.69, 9.17) is 0 Å². The maximum Gasteiger partial charge on any atom is 0.0719 e. The molecule has 0 N–H and O–H groups in total. The van der Waals surface area contributed by atoms with Crippen molar-refractivity contribution in [3.05, 3.63) is 229 Å². The molecular formula is C55H34. The fraction of sp³-hybridized carbons (Fsp3) is 0.0182. The maximum atomic E-state index is 2.44. The van der Waals surface area contributed by atoms with Gasteiger partial charge in [-0.2, -0.15) is 0 Å². The SMILES string of the molecule is c1ccc(C2(c3ccccc3)c3ccccc3-c3c(-c4cc5ccc6cc(-c7cccc8ccccc78)cc7ccc(c4)c5c67)cc4ccccc4c32)cc1. The van der Waals surface area contributed by atoms with Crippen molar-refractivity contribution in [2.75, 3.05) is 0 Å². The van der Waals surface area contributed by atoms with Crippen LogP contribution in [-0.4, -0.2) is 0 Å². The van der Waals surface area contributed by atoms with E-state index >= 15 is 0 Å². The molecule has 0 saturated heterocycles. The molecule has 0 nitrogen and oxygen atoms in total. The highest BCUT2D eigenvalue weighted by molar-refractivity contribution is 6.25. The number of fused-ring (bicyclic) bond motifs is 6. The van der Waals surface area contributed by atoms with Gasteiger partial charge in [-0.25, -0.2) is 0 Å². The van der Waals surface area contributed by atoms with E-state index in [1.807, 2.05) is 0 Å². The summed E-state index contributed by atoms with van der Waals surface area (Å²) in [6, 6.07) is 77.2. The predicted molar refractivity (Wildman–Crippen MR) is 233 cm³/mol. The highest BCUT2D eigenvalue weighted by Crippen LogP contribution is 2.60. The summed E-state index contributed by atoms with van der Waals surface area (Å²) in [5.41, 5.74) is 12.5. The Labute approximate surface area is 319 Å². The zero-order chi connectivity index (χ0) is 36.1. The quantitative estimate of drug-likeness (QED) is 0.161. The van der Waals surface area contributed by atoms with Crippen molar-refractivity contribution in [1.29, 1.82) is 0 Å². The smallest absolute Gasteiger partial charge is 0.0622 e. The van der Waals surface area contributed by atoms with Crippen molar-refractivity contribution in [3.63, 3.8) is 0 Å². The Bertz CT molecular complexity index is 3190. The molecule has 0 atom stereocenters. The lowest BCUT2D eigenvalue weighted by molar-refractivity contribution is 0.775. The van der Waals surface area contributed by atoms with E-state index in [9.17, 15) is 0 Å². The van der Waals surface area contributed by atoms with Gasteiger partial charge < -0.3 is 0 Å². The van der Waals surface area contributed by atoms with Gasteiger partial charge in [0.25, 0.3) is 0 Å². The summed E-state index contributed by atoms with van der Waals surface area (Å²) < 4.78 is 0. The van der Waals surface area contributed by atoms with Gasteiger partial charge in [-0.1, -0.05) is 176 Å². The van der Waals surface area contributed by atoms with Gasteiger partial charge in [-0.3, -0.25) is 0 Å². The third-order valence-corrected chi connectivity index (χ3v) is 12.4. The molecule has 11 aromatic rings. The molecule has 12 rings (SSSR count). The zero-order valence-corrected chi connectivity index (χ0v) is 30.1. The molecule has 0 fully saturated rings. The molecule has 0 unspecified atom stereocenters. The van der Waals surface area contributed by atoms with E-state index < -0.39 is 5.41 Å². The van der Waals surface area contributed by atoms with Crippen molar-refractivity contribution in [3.8, 4) is 33.4 Å². The number of rotatable bonds is 4. The fourth-order valence-electron chi connectivity index (χ4n) is 10.2.